The highest BCUT2D eigenvalue weighted by Crippen LogP contribution is 2.47. The third-order valence-electron chi connectivity index (χ3n) is 10.5. The molecule has 0 aromatic heterocycles. The minimum atomic E-state index is -0.788. The van der Waals surface area contributed by atoms with Crippen LogP contribution in [0.4, 0.5) is 4.39 Å². The van der Waals surface area contributed by atoms with Crippen LogP contribution in [0.25, 0.3) is 0 Å². The number of hydrogen-bond donors (Lipinski definition) is 2. The summed E-state index contributed by atoms with van der Waals surface area (Å²) < 4.78 is 13.8. The molecule has 198 valence electrons. The molecule has 0 bridgehead atoms. The quantitative estimate of drug-likeness (QED) is 0.299. The molecular formula is C28H46ClFN4O. The largest absolute Gasteiger partial charge is 0.387 e. The van der Waals surface area contributed by atoms with Crippen molar-refractivity contribution in [2.75, 3.05) is 19.6 Å². The third-order valence-corrected chi connectivity index (χ3v) is 11.0. The second kappa shape index (κ2) is 11.2. The van der Waals surface area contributed by atoms with Crippen molar-refractivity contribution in [1.29, 1.82) is 5.41 Å². The Morgan fingerprint density at radius 2 is 1.57 bits per heavy atom. The zero-order chi connectivity index (χ0) is 24.5. The number of alkyl halides is 2. The summed E-state index contributed by atoms with van der Waals surface area (Å²) in [4.78, 5) is 18.1. The van der Waals surface area contributed by atoms with Gasteiger partial charge in [-0.1, -0.05) is 32.1 Å². The van der Waals surface area contributed by atoms with Crippen molar-refractivity contribution in [3.8, 4) is 0 Å². The first-order valence-corrected chi connectivity index (χ1v) is 15.0. The third kappa shape index (κ3) is 5.54. The molecule has 3 aliphatic carbocycles. The van der Waals surface area contributed by atoms with Crippen LogP contribution in [0.15, 0.2) is 0 Å². The summed E-state index contributed by atoms with van der Waals surface area (Å²) in [5, 5.41) is 7.85. The first-order valence-electron chi connectivity index (χ1n) is 14.6. The van der Waals surface area contributed by atoms with Crippen LogP contribution in [-0.4, -0.2) is 64.8 Å². The Kier molecular flexibility index (Phi) is 8.28. The maximum absolute atomic E-state index is 13.8. The Labute approximate surface area is 216 Å². The lowest BCUT2D eigenvalue weighted by molar-refractivity contribution is -0.138. The van der Waals surface area contributed by atoms with Crippen LogP contribution in [0.2, 0.25) is 0 Å². The van der Waals surface area contributed by atoms with Crippen LogP contribution in [0.3, 0.4) is 0 Å². The first kappa shape index (κ1) is 25.8. The Morgan fingerprint density at radius 1 is 0.914 bits per heavy atom. The standard InChI is InChI=1S/C28H46ClFN4O/c29-25-23-11-10-21(27(31)32)16-24(23)34(26(25)28(35)33-14-12-22(30)13-15-33)17-18-6-8-20(9-7-18)19-4-2-1-3-5-19/h18-26H,1-17H2,(H3,31,32). The Morgan fingerprint density at radius 3 is 2.23 bits per heavy atom. The molecule has 3 saturated carbocycles. The molecule has 2 heterocycles. The fraction of sp³-hybridized carbons (Fsp3) is 0.929. The van der Waals surface area contributed by atoms with E-state index in [9.17, 15) is 9.18 Å². The smallest absolute Gasteiger partial charge is 0.241 e. The number of fused-ring (bicyclic) bond motifs is 1. The second-order valence-corrected chi connectivity index (χ2v) is 13.0. The van der Waals surface area contributed by atoms with E-state index < -0.39 is 6.17 Å². The van der Waals surface area contributed by atoms with E-state index in [0.29, 0.717) is 31.8 Å². The van der Waals surface area contributed by atoms with Crippen molar-refractivity contribution < 1.29 is 9.18 Å². The van der Waals surface area contributed by atoms with Crippen molar-refractivity contribution in [3.63, 3.8) is 0 Å². The molecule has 0 aromatic carbocycles. The number of nitrogens with one attached hydrogen (secondary N) is 1. The average Bonchev–Trinajstić information content (AvgIpc) is 3.15. The van der Waals surface area contributed by atoms with Crippen LogP contribution in [0, 0.1) is 35.0 Å². The van der Waals surface area contributed by atoms with E-state index in [2.05, 4.69) is 4.90 Å². The maximum atomic E-state index is 13.8. The first-order chi connectivity index (χ1) is 16.9. The topological polar surface area (TPSA) is 73.4 Å². The lowest BCUT2D eigenvalue weighted by Crippen LogP contribution is -2.53. The fourth-order valence-corrected chi connectivity index (χ4v) is 8.90. The minimum absolute atomic E-state index is 0.0980. The van der Waals surface area contributed by atoms with Crippen molar-refractivity contribution in [3.05, 3.63) is 0 Å². The summed E-state index contributed by atoms with van der Waals surface area (Å²) in [7, 11) is 0. The van der Waals surface area contributed by atoms with Gasteiger partial charge in [-0.25, -0.2) is 4.39 Å². The highest BCUT2D eigenvalue weighted by Gasteiger charge is 2.54. The maximum Gasteiger partial charge on any atom is 0.241 e. The molecule has 7 heteroatoms. The van der Waals surface area contributed by atoms with Crippen LogP contribution in [-0.2, 0) is 4.79 Å². The molecule has 3 N–H and O–H groups in total. The lowest BCUT2D eigenvalue weighted by atomic mass is 9.71. The SMILES string of the molecule is N=C(N)C1CCC2C(Cl)C(C(=O)N3CCC(F)CC3)N(CC3CCC(C4CCCCC4)CC3)C2C1. The lowest BCUT2D eigenvalue weighted by Gasteiger charge is -2.41. The van der Waals surface area contributed by atoms with Gasteiger partial charge in [0, 0.05) is 31.6 Å². The van der Waals surface area contributed by atoms with Gasteiger partial charge < -0.3 is 10.6 Å². The summed E-state index contributed by atoms with van der Waals surface area (Å²) in [6.45, 7) is 1.94. The summed E-state index contributed by atoms with van der Waals surface area (Å²) in [5.41, 5.74) is 5.95. The summed E-state index contributed by atoms with van der Waals surface area (Å²) in [6, 6.07) is -0.0894. The summed E-state index contributed by atoms with van der Waals surface area (Å²) >= 11 is 7.11. The number of amidine groups is 1. The normalized spacial score (nSPS) is 39.9. The van der Waals surface area contributed by atoms with Gasteiger partial charge in [-0.05, 0) is 81.5 Å². The molecular weight excluding hydrogens is 463 g/mol. The zero-order valence-corrected chi connectivity index (χ0v) is 22.1. The van der Waals surface area contributed by atoms with Crippen molar-refractivity contribution in [2.45, 2.75) is 114 Å². The Hall–Kier alpha value is -0.880. The molecule has 5 rings (SSSR count). The number of nitrogens with zero attached hydrogens (tertiary/aromatic N) is 2. The van der Waals surface area contributed by atoms with Gasteiger partial charge in [-0.3, -0.25) is 15.1 Å². The molecule has 0 spiro atoms. The molecule has 1 amide bonds. The highest BCUT2D eigenvalue weighted by atomic mass is 35.5. The predicted octanol–water partition coefficient (Wildman–Crippen LogP) is 5.35. The average molecular weight is 509 g/mol. The van der Waals surface area contributed by atoms with Crippen LogP contribution in [0.1, 0.15) is 89.9 Å². The number of halogens is 2. The van der Waals surface area contributed by atoms with Gasteiger partial charge in [0.25, 0.3) is 0 Å². The van der Waals surface area contributed by atoms with Crippen LogP contribution < -0.4 is 5.73 Å². The fourth-order valence-electron chi connectivity index (χ4n) is 8.36. The number of likely N-dealkylation sites (tertiary alicyclic amines) is 2. The van der Waals surface area contributed by atoms with Gasteiger partial charge >= 0.3 is 0 Å². The van der Waals surface area contributed by atoms with Gasteiger partial charge in [0.1, 0.15) is 12.2 Å². The van der Waals surface area contributed by atoms with Crippen molar-refractivity contribution in [2.24, 2.45) is 35.3 Å². The second-order valence-electron chi connectivity index (χ2n) is 12.5. The van der Waals surface area contributed by atoms with E-state index in [4.69, 9.17) is 22.7 Å². The Balaban J connectivity index is 1.28. The van der Waals surface area contributed by atoms with E-state index in [-0.39, 0.29) is 41.0 Å². The Bertz CT molecular complexity index is 745. The van der Waals surface area contributed by atoms with E-state index >= 15 is 0 Å². The van der Waals surface area contributed by atoms with Crippen molar-refractivity contribution in [1.82, 2.24) is 9.80 Å². The zero-order valence-electron chi connectivity index (χ0n) is 21.4. The molecule has 2 aliphatic heterocycles. The summed E-state index contributed by atoms with van der Waals surface area (Å²) in [6.07, 6.45) is 15.1. The molecule has 5 aliphatic rings. The molecule has 0 radical (unpaired) electrons. The van der Waals surface area contributed by atoms with E-state index in [1.165, 1.54) is 57.8 Å². The predicted molar refractivity (Wildman–Crippen MR) is 139 cm³/mol. The molecule has 0 aromatic rings. The molecule has 5 atom stereocenters. The number of hydrogen-bond acceptors (Lipinski definition) is 3. The number of nitrogens with two attached hydrogens (primary N) is 1. The monoisotopic (exact) mass is 508 g/mol. The molecule has 2 saturated heterocycles. The summed E-state index contributed by atoms with van der Waals surface area (Å²) in [5.74, 6) is 3.22. The molecule has 35 heavy (non-hydrogen) atoms. The minimum Gasteiger partial charge on any atom is -0.387 e. The molecule has 5 unspecified atom stereocenters. The van der Waals surface area contributed by atoms with Crippen LogP contribution >= 0.6 is 11.6 Å². The van der Waals surface area contributed by atoms with Crippen LogP contribution in [0.5, 0.6) is 0 Å². The number of carbonyl (C=O) groups excluding carboxylic acids is 1. The molecule has 5 nitrogen and oxygen atoms in total. The number of carbonyl (C=O) groups is 1. The van der Waals surface area contributed by atoms with Gasteiger partial charge in [0.2, 0.25) is 5.91 Å². The highest BCUT2D eigenvalue weighted by molar-refractivity contribution is 6.23. The van der Waals surface area contributed by atoms with Gasteiger partial charge in [0.15, 0.2) is 0 Å². The van der Waals surface area contributed by atoms with Gasteiger partial charge in [0.05, 0.1) is 11.2 Å². The number of amides is 1. The number of rotatable bonds is 5. The number of piperidine rings is 1. The van der Waals surface area contributed by atoms with E-state index in [0.717, 1.165) is 37.6 Å². The van der Waals surface area contributed by atoms with Gasteiger partial charge in [-0.15, -0.1) is 11.6 Å². The molecule has 5 fully saturated rings. The van der Waals surface area contributed by atoms with Gasteiger partial charge in [-0.2, -0.15) is 0 Å². The van der Waals surface area contributed by atoms with E-state index in [1.807, 2.05) is 4.90 Å². The van der Waals surface area contributed by atoms with Crippen molar-refractivity contribution >= 4 is 23.3 Å². The van der Waals surface area contributed by atoms with E-state index in [1.54, 1.807) is 0 Å².